The lowest BCUT2D eigenvalue weighted by atomic mass is 9.90. The van der Waals surface area contributed by atoms with Crippen molar-refractivity contribution in [1.82, 2.24) is 20.1 Å². The van der Waals surface area contributed by atoms with E-state index in [0.717, 1.165) is 44.3 Å². The largest absolute Gasteiger partial charge is 0.490 e. The Morgan fingerprint density at radius 3 is 1.71 bits per heavy atom. The predicted octanol–water partition coefficient (Wildman–Crippen LogP) is 2.39. The molecular weight excluding hydrogens is 643 g/mol. The average Bonchev–Trinajstić information content (AvgIpc) is 3.71. The number of nitrogens with one attached hydrogen (secondary N) is 1. The molecule has 3 fully saturated rings. The number of likely N-dealkylation sites (N-methyl/N-ethyl adjacent to an activating group) is 1. The first-order valence-electron chi connectivity index (χ1n) is 12.6. The van der Waals surface area contributed by atoms with Gasteiger partial charge in [0, 0.05) is 46.0 Å². The van der Waals surface area contributed by atoms with Crippen molar-refractivity contribution in [2.75, 3.05) is 39.8 Å². The molecule has 1 saturated carbocycles. The number of hydrogen-bond acceptors (Lipinski definition) is 8. The number of halogens is 9. The number of carbonyl (C=O) groups excluding carboxylic acids is 1. The number of hydrogen-bond donors (Lipinski definition) is 4. The van der Waals surface area contributed by atoms with Crippen molar-refractivity contribution in [2.45, 2.75) is 49.6 Å². The van der Waals surface area contributed by atoms with Crippen LogP contribution in [0.5, 0.6) is 0 Å². The van der Waals surface area contributed by atoms with Gasteiger partial charge in [-0.2, -0.15) is 39.5 Å². The quantitative estimate of drug-likeness (QED) is 0.339. The Morgan fingerprint density at radius 1 is 0.889 bits per heavy atom. The number of alkyl halides is 9. The van der Waals surface area contributed by atoms with E-state index in [1.165, 1.54) is 12.8 Å². The Hall–Kier alpha value is -3.72. The molecule has 1 amide bonds. The van der Waals surface area contributed by atoms with Crippen LogP contribution in [-0.4, -0.2) is 124 Å². The van der Waals surface area contributed by atoms with Crippen molar-refractivity contribution in [2.24, 2.45) is 5.92 Å². The molecule has 4 rings (SSSR count). The number of carbonyl (C=O) groups is 4. The number of morpholine rings is 1. The number of nitrogens with zero attached hydrogens (tertiary/aromatic N) is 3. The Kier molecular flexibility index (Phi) is 14.0. The van der Waals surface area contributed by atoms with Gasteiger partial charge in [0.05, 0.1) is 12.3 Å². The fourth-order valence-corrected chi connectivity index (χ4v) is 3.91. The van der Waals surface area contributed by atoms with Crippen LogP contribution in [0.4, 0.5) is 39.5 Å². The second-order valence-corrected chi connectivity index (χ2v) is 9.87. The Balaban J connectivity index is 0.000000396. The molecule has 2 saturated heterocycles. The maximum atomic E-state index is 12.2. The molecule has 4 N–H and O–H groups in total. The van der Waals surface area contributed by atoms with Crippen molar-refractivity contribution in [3.63, 3.8) is 0 Å². The van der Waals surface area contributed by atoms with Gasteiger partial charge in [-0.25, -0.2) is 14.4 Å². The zero-order valence-corrected chi connectivity index (χ0v) is 23.2. The zero-order valence-electron chi connectivity index (χ0n) is 23.2. The molecule has 0 radical (unpaired) electrons. The Bertz CT molecular complexity index is 1080. The maximum Gasteiger partial charge on any atom is 0.490 e. The van der Waals surface area contributed by atoms with Crippen LogP contribution < -0.4 is 5.32 Å². The lowest BCUT2D eigenvalue weighted by molar-refractivity contribution is -0.203. The molecule has 45 heavy (non-hydrogen) atoms. The van der Waals surface area contributed by atoms with Gasteiger partial charge in [-0.15, -0.1) is 0 Å². The molecule has 21 heteroatoms. The van der Waals surface area contributed by atoms with Crippen LogP contribution in [0, 0.1) is 5.92 Å². The third kappa shape index (κ3) is 14.3. The van der Waals surface area contributed by atoms with Crippen molar-refractivity contribution < 1.29 is 78.7 Å². The molecule has 1 aromatic heterocycles. The smallest absolute Gasteiger partial charge is 0.475 e. The summed E-state index contributed by atoms with van der Waals surface area (Å²) in [5.41, 5.74) is 0.995. The fraction of sp³-hybridized carbons (Fsp3) is 0.625. The van der Waals surface area contributed by atoms with Crippen molar-refractivity contribution in [1.29, 1.82) is 0 Å². The van der Waals surface area contributed by atoms with E-state index in [1.807, 2.05) is 18.3 Å². The van der Waals surface area contributed by atoms with E-state index in [-0.39, 0.29) is 17.6 Å². The first-order valence-corrected chi connectivity index (χ1v) is 12.6. The van der Waals surface area contributed by atoms with Crippen LogP contribution in [0.25, 0.3) is 0 Å². The van der Waals surface area contributed by atoms with E-state index in [9.17, 15) is 44.3 Å². The summed E-state index contributed by atoms with van der Waals surface area (Å²) in [5, 5.41) is 24.2. The van der Waals surface area contributed by atoms with Gasteiger partial charge < -0.3 is 25.4 Å². The topological polar surface area (TPSA) is 170 Å². The number of aliphatic carboxylic acids is 3. The highest BCUT2D eigenvalue weighted by atomic mass is 19.4. The second-order valence-electron chi connectivity index (χ2n) is 9.87. The number of aromatic nitrogens is 1. The second kappa shape index (κ2) is 16.0. The number of rotatable bonds is 5. The zero-order chi connectivity index (χ0) is 34.8. The Labute approximate surface area is 248 Å². The molecule has 12 nitrogen and oxygen atoms in total. The van der Waals surface area contributed by atoms with Gasteiger partial charge in [0.1, 0.15) is 11.6 Å². The average molecular weight is 672 g/mol. The number of ether oxygens (including phenoxy) is 1. The molecule has 1 atom stereocenters. The molecule has 1 unspecified atom stereocenters. The summed E-state index contributed by atoms with van der Waals surface area (Å²) in [5.74, 6) is -7.42. The lowest BCUT2D eigenvalue weighted by Gasteiger charge is -2.55. The van der Waals surface area contributed by atoms with Gasteiger partial charge in [0.2, 0.25) is 5.91 Å². The molecular formula is C24H29F9N4O8. The number of carboxylic acid groups (broad SMARTS) is 3. The van der Waals surface area contributed by atoms with Crippen molar-refractivity contribution in [3.05, 3.63) is 30.1 Å². The molecule has 1 spiro atoms. The van der Waals surface area contributed by atoms with Gasteiger partial charge in [-0.1, -0.05) is 6.07 Å². The molecule has 256 valence electrons. The maximum absolute atomic E-state index is 12.2. The first kappa shape index (κ1) is 39.3. The van der Waals surface area contributed by atoms with Crippen molar-refractivity contribution in [3.8, 4) is 0 Å². The van der Waals surface area contributed by atoms with Gasteiger partial charge in [0.25, 0.3) is 0 Å². The minimum Gasteiger partial charge on any atom is -0.475 e. The number of carboxylic acids is 3. The predicted molar refractivity (Wildman–Crippen MR) is 131 cm³/mol. The third-order valence-electron chi connectivity index (χ3n) is 6.08. The molecule has 1 aromatic rings. The number of pyridine rings is 1. The molecule has 3 heterocycles. The highest BCUT2D eigenvalue weighted by molar-refractivity contribution is 5.81. The highest BCUT2D eigenvalue weighted by Gasteiger charge is 2.51. The highest BCUT2D eigenvalue weighted by Crippen LogP contribution is 2.36. The SMILES string of the molecule is CNC(=O)C1COC2(CN(Cc3ccccn3)C2)CN1CC1CC1.O=C(O)C(F)(F)F.O=C(O)C(F)(F)F.O=C(O)C(F)(F)F. The molecule has 0 aromatic carbocycles. The van der Waals surface area contributed by atoms with Crippen LogP contribution in [0.3, 0.4) is 0 Å². The van der Waals surface area contributed by atoms with Crippen LogP contribution in [-0.2, 0) is 30.5 Å². The summed E-state index contributed by atoms with van der Waals surface area (Å²) < 4.78 is 101. The Morgan fingerprint density at radius 2 is 1.36 bits per heavy atom. The summed E-state index contributed by atoms with van der Waals surface area (Å²) in [6.45, 7) is 5.11. The fourth-order valence-electron chi connectivity index (χ4n) is 3.91. The standard InChI is InChI=1S/C18H26N4O2.3C2HF3O2/c1-19-17(23)16-10-24-18(13-22(16)8-14-5-6-14)11-21(12-18)9-15-4-2-3-7-20-15;3*3-2(4,5)1(6)7/h2-4,7,14,16H,5-6,8-13H2,1H3,(H,19,23);3*(H,6,7). The summed E-state index contributed by atoms with van der Waals surface area (Å²) in [4.78, 5) is 48.0. The van der Waals surface area contributed by atoms with E-state index in [1.54, 1.807) is 7.05 Å². The molecule has 1 aliphatic carbocycles. The minimum atomic E-state index is -5.08. The number of likely N-dealkylation sites (tertiary alicyclic amines) is 1. The van der Waals surface area contributed by atoms with Gasteiger partial charge in [-0.3, -0.25) is 19.6 Å². The number of amides is 1. The molecule has 3 aliphatic rings. The van der Waals surface area contributed by atoms with Gasteiger partial charge in [0.15, 0.2) is 0 Å². The molecule has 2 aliphatic heterocycles. The van der Waals surface area contributed by atoms with Crippen LogP contribution >= 0.6 is 0 Å². The van der Waals surface area contributed by atoms with E-state index >= 15 is 0 Å². The normalized spacial score (nSPS) is 19.6. The summed E-state index contributed by atoms with van der Waals surface area (Å²) in [6.07, 6.45) is -10.8. The third-order valence-corrected chi connectivity index (χ3v) is 6.08. The monoisotopic (exact) mass is 672 g/mol. The van der Waals surface area contributed by atoms with Gasteiger partial charge >= 0.3 is 36.4 Å². The minimum absolute atomic E-state index is 0.0789. The van der Waals surface area contributed by atoms with E-state index in [4.69, 9.17) is 34.4 Å². The van der Waals surface area contributed by atoms with Crippen LogP contribution in [0.2, 0.25) is 0 Å². The van der Waals surface area contributed by atoms with E-state index < -0.39 is 36.4 Å². The van der Waals surface area contributed by atoms with Crippen molar-refractivity contribution >= 4 is 23.8 Å². The van der Waals surface area contributed by atoms with Crippen LogP contribution in [0.15, 0.2) is 24.4 Å². The summed E-state index contributed by atoms with van der Waals surface area (Å²) in [7, 11) is 1.71. The first-order chi connectivity index (χ1) is 20.5. The van der Waals surface area contributed by atoms with E-state index in [2.05, 4.69) is 26.2 Å². The molecule has 0 bridgehead atoms. The lowest BCUT2D eigenvalue weighted by Crippen LogP contribution is -2.72. The van der Waals surface area contributed by atoms with Crippen LogP contribution in [0.1, 0.15) is 18.5 Å². The van der Waals surface area contributed by atoms with Gasteiger partial charge in [-0.05, 0) is 30.9 Å². The summed E-state index contributed by atoms with van der Waals surface area (Å²) >= 11 is 0. The van der Waals surface area contributed by atoms with E-state index in [0.29, 0.717) is 6.61 Å². The summed E-state index contributed by atoms with van der Waals surface area (Å²) in [6, 6.07) is 5.90.